The van der Waals surface area contributed by atoms with Crippen LogP contribution < -0.4 is 21.1 Å². The van der Waals surface area contributed by atoms with Gasteiger partial charge < -0.3 is 25.8 Å². The number of carbonyl (C=O) groups excluding carboxylic acids is 2. The third-order valence-corrected chi connectivity index (χ3v) is 2.79. The monoisotopic (exact) mass is 309 g/mol. The molecule has 22 heavy (non-hydrogen) atoms. The average Bonchev–Trinajstić information content (AvgIpc) is 2.51. The van der Waals surface area contributed by atoms with Gasteiger partial charge in [-0.05, 0) is 24.6 Å². The molecule has 0 heterocycles. The number of nitrogens with one attached hydrogen (secondary N) is 2. The van der Waals surface area contributed by atoms with Crippen molar-refractivity contribution in [3.8, 4) is 5.75 Å². The summed E-state index contributed by atoms with van der Waals surface area (Å²) in [6.07, 6.45) is 0. The smallest absolute Gasteiger partial charge is 0.257 e. The molecular weight excluding hydrogens is 286 g/mol. The Hall–Kier alpha value is -2.12. The highest BCUT2D eigenvalue weighted by Crippen LogP contribution is 2.13. The van der Waals surface area contributed by atoms with Gasteiger partial charge in [-0.25, -0.2) is 0 Å². The lowest BCUT2D eigenvalue weighted by molar-refractivity contribution is -0.124. The number of ether oxygens (including phenoxy) is 2. The van der Waals surface area contributed by atoms with Gasteiger partial charge in [0.1, 0.15) is 11.8 Å². The van der Waals surface area contributed by atoms with Crippen LogP contribution >= 0.6 is 0 Å². The fraction of sp³-hybridized carbons (Fsp3) is 0.467. The molecule has 0 aliphatic carbocycles. The average molecular weight is 309 g/mol. The highest BCUT2D eigenvalue weighted by Gasteiger charge is 2.12. The second kappa shape index (κ2) is 9.75. The number of methoxy groups -OCH3 is 1. The van der Waals surface area contributed by atoms with Crippen molar-refractivity contribution in [2.24, 2.45) is 5.73 Å². The fourth-order valence-electron chi connectivity index (χ4n) is 1.72. The van der Waals surface area contributed by atoms with E-state index < -0.39 is 6.04 Å². The summed E-state index contributed by atoms with van der Waals surface area (Å²) in [4.78, 5) is 23.0. The molecule has 2 amide bonds. The third kappa shape index (κ3) is 6.55. The summed E-state index contributed by atoms with van der Waals surface area (Å²) >= 11 is 0. The molecule has 0 spiro atoms. The Balaban J connectivity index is 2.47. The van der Waals surface area contributed by atoms with Gasteiger partial charge in [0.2, 0.25) is 5.91 Å². The van der Waals surface area contributed by atoms with Crippen molar-refractivity contribution >= 4 is 11.8 Å². The van der Waals surface area contributed by atoms with Gasteiger partial charge in [0.15, 0.2) is 6.61 Å². The molecule has 1 rings (SSSR count). The van der Waals surface area contributed by atoms with E-state index in [1.165, 1.54) is 7.11 Å². The number of likely N-dealkylation sites (N-methyl/N-ethyl adjacent to an activating group) is 1. The molecule has 1 atom stereocenters. The van der Waals surface area contributed by atoms with Crippen LogP contribution in [0.2, 0.25) is 0 Å². The topological polar surface area (TPSA) is 103 Å². The molecule has 0 bridgehead atoms. The molecule has 122 valence electrons. The van der Waals surface area contributed by atoms with Crippen molar-refractivity contribution in [2.45, 2.75) is 19.5 Å². The van der Waals surface area contributed by atoms with Crippen molar-refractivity contribution in [1.29, 1.82) is 0 Å². The lowest BCUT2D eigenvalue weighted by Crippen LogP contribution is -2.43. The summed E-state index contributed by atoms with van der Waals surface area (Å²) < 4.78 is 10.2. The Bertz CT molecular complexity index is 493. The van der Waals surface area contributed by atoms with Crippen LogP contribution in [0.15, 0.2) is 24.3 Å². The van der Waals surface area contributed by atoms with Gasteiger partial charge in [-0.3, -0.25) is 9.59 Å². The Morgan fingerprint density at radius 2 is 2.09 bits per heavy atom. The van der Waals surface area contributed by atoms with E-state index in [0.717, 1.165) is 5.56 Å². The lowest BCUT2D eigenvalue weighted by Gasteiger charge is -2.12. The van der Waals surface area contributed by atoms with Gasteiger partial charge in [-0.1, -0.05) is 12.1 Å². The van der Waals surface area contributed by atoms with Gasteiger partial charge in [0.25, 0.3) is 5.91 Å². The minimum Gasteiger partial charge on any atom is -0.484 e. The number of rotatable bonds is 9. The van der Waals surface area contributed by atoms with Crippen LogP contribution in [0.5, 0.6) is 5.75 Å². The van der Waals surface area contributed by atoms with Crippen molar-refractivity contribution < 1.29 is 19.1 Å². The Labute approximate surface area is 130 Å². The van der Waals surface area contributed by atoms with E-state index in [-0.39, 0.29) is 25.0 Å². The highest BCUT2D eigenvalue weighted by molar-refractivity contribution is 5.81. The maximum Gasteiger partial charge on any atom is 0.257 e. The van der Waals surface area contributed by atoms with Crippen LogP contribution in [0.25, 0.3) is 0 Å². The van der Waals surface area contributed by atoms with Gasteiger partial charge >= 0.3 is 0 Å². The zero-order valence-electron chi connectivity index (χ0n) is 12.9. The van der Waals surface area contributed by atoms with Crippen molar-refractivity contribution in [3.63, 3.8) is 0 Å². The molecule has 1 aromatic rings. The number of hydrogen-bond donors (Lipinski definition) is 3. The molecule has 0 aliphatic heterocycles. The largest absolute Gasteiger partial charge is 0.484 e. The minimum absolute atomic E-state index is 0.0393. The first-order valence-electron chi connectivity index (χ1n) is 7.07. The quantitative estimate of drug-likeness (QED) is 0.586. The number of hydrogen-bond acceptors (Lipinski definition) is 5. The van der Waals surface area contributed by atoms with Crippen LogP contribution in [0.1, 0.15) is 12.5 Å². The van der Waals surface area contributed by atoms with Crippen LogP contribution in [0.3, 0.4) is 0 Å². The summed E-state index contributed by atoms with van der Waals surface area (Å²) in [6, 6.07) is 6.47. The molecule has 0 aliphatic rings. The first kappa shape index (κ1) is 17.9. The van der Waals surface area contributed by atoms with Gasteiger partial charge in [0, 0.05) is 20.2 Å². The summed E-state index contributed by atoms with van der Waals surface area (Å²) in [5.74, 6) is 0.112. The molecule has 7 nitrogen and oxygen atoms in total. The predicted octanol–water partition coefficient (Wildman–Crippen LogP) is -0.209. The molecular formula is C15H23N3O4. The van der Waals surface area contributed by atoms with Crippen LogP contribution in [0, 0.1) is 0 Å². The Morgan fingerprint density at radius 1 is 1.32 bits per heavy atom. The maximum absolute atomic E-state index is 11.7. The molecule has 4 N–H and O–H groups in total. The van der Waals surface area contributed by atoms with Crippen LogP contribution in [-0.2, 0) is 20.9 Å². The Kier molecular flexibility index (Phi) is 7.95. The van der Waals surface area contributed by atoms with Crippen molar-refractivity contribution in [1.82, 2.24) is 10.6 Å². The SMILES string of the molecule is CCNC(=O)COc1cccc(CNC(=O)C(N)COC)c1. The third-order valence-electron chi connectivity index (χ3n) is 2.79. The summed E-state index contributed by atoms with van der Waals surface area (Å²) in [5, 5.41) is 5.37. The molecule has 7 heteroatoms. The van der Waals surface area contributed by atoms with E-state index in [0.29, 0.717) is 18.8 Å². The number of benzene rings is 1. The summed E-state index contributed by atoms with van der Waals surface area (Å²) in [7, 11) is 1.49. The first-order valence-corrected chi connectivity index (χ1v) is 7.07. The maximum atomic E-state index is 11.7. The van der Waals surface area contributed by atoms with E-state index >= 15 is 0 Å². The van der Waals surface area contributed by atoms with Crippen LogP contribution in [0.4, 0.5) is 0 Å². The van der Waals surface area contributed by atoms with Crippen LogP contribution in [-0.4, -0.2) is 44.7 Å². The van der Waals surface area contributed by atoms with E-state index in [1.54, 1.807) is 18.2 Å². The fourth-order valence-corrected chi connectivity index (χ4v) is 1.72. The molecule has 0 saturated heterocycles. The molecule has 0 saturated carbocycles. The van der Waals surface area contributed by atoms with Gasteiger partial charge in [0.05, 0.1) is 6.61 Å². The van der Waals surface area contributed by atoms with Gasteiger partial charge in [-0.2, -0.15) is 0 Å². The highest BCUT2D eigenvalue weighted by atomic mass is 16.5. The normalized spacial score (nSPS) is 11.6. The van der Waals surface area contributed by atoms with E-state index in [9.17, 15) is 9.59 Å². The van der Waals surface area contributed by atoms with E-state index in [4.69, 9.17) is 15.2 Å². The minimum atomic E-state index is -0.692. The molecule has 0 aromatic heterocycles. The zero-order chi connectivity index (χ0) is 16.4. The van der Waals surface area contributed by atoms with E-state index in [1.807, 2.05) is 13.0 Å². The number of nitrogens with two attached hydrogens (primary N) is 1. The Morgan fingerprint density at radius 3 is 2.77 bits per heavy atom. The zero-order valence-corrected chi connectivity index (χ0v) is 12.9. The molecule has 1 aromatic carbocycles. The first-order chi connectivity index (χ1) is 10.6. The van der Waals surface area contributed by atoms with Gasteiger partial charge in [-0.15, -0.1) is 0 Å². The summed E-state index contributed by atoms with van der Waals surface area (Å²) in [5.41, 5.74) is 6.48. The molecule has 1 unspecified atom stereocenters. The second-order valence-electron chi connectivity index (χ2n) is 4.67. The predicted molar refractivity (Wildman–Crippen MR) is 82.3 cm³/mol. The van der Waals surface area contributed by atoms with E-state index in [2.05, 4.69) is 10.6 Å². The van der Waals surface area contributed by atoms with Crippen molar-refractivity contribution in [3.05, 3.63) is 29.8 Å². The number of amides is 2. The summed E-state index contributed by atoms with van der Waals surface area (Å²) in [6.45, 7) is 2.87. The molecule has 0 radical (unpaired) electrons. The lowest BCUT2D eigenvalue weighted by atomic mass is 10.2. The number of carbonyl (C=O) groups is 2. The molecule has 0 fully saturated rings. The second-order valence-corrected chi connectivity index (χ2v) is 4.67. The van der Waals surface area contributed by atoms with Crippen molar-refractivity contribution in [2.75, 3.05) is 26.9 Å². The standard InChI is InChI=1S/C15H23N3O4/c1-3-17-14(19)10-22-12-6-4-5-11(7-12)8-18-15(20)13(16)9-21-2/h4-7,13H,3,8-10,16H2,1-2H3,(H,17,19)(H,18,20).